The van der Waals surface area contributed by atoms with Crippen molar-refractivity contribution in [1.82, 2.24) is 4.98 Å². The minimum Gasteiger partial charge on any atom is -0.497 e. The molecule has 27 heavy (non-hydrogen) atoms. The minimum absolute atomic E-state index is 0.0185. The lowest BCUT2D eigenvalue weighted by Crippen LogP contribution is -2.15. The number of hydrogen-bond acceptors (Lipinski definition) is 3. The molecule has 1 amide bonds. The zero-order chi connectivity index (χ0) is 19.0. The van der Waals surface area contributed by atoms with Crippen LogP contribution >= 0.6 is 0 Å². The molecule has 2 aliphatic rings. The number of fused-ring (bicyclic) bond motifs is 2. The summed E-state index contributed by atoms with van der Waals surface area (Å²) in [7, 11) is 1.61. The number of H-pyrrole nitrogens is 1. The Hall–Kier alpha value is -2.76. The summed E-state index contributed by atoms with van der Waals surface area (Å²) in [5, 5.41) is 12.1. The predicted octanol–water partition coefficient (Wildman–Crippen LogP) is 3.20. The number of carboxylic acids is 1. The summed E-state index contributed by atoms with van der Waals surface area (Å²) >= 11 is 0. The number of carboxylic acid groups (broad SMARTS) is 1. The highest BCUT2D eigenvalue weighted by atomic mass is 16.5. The molecule has 6 heteroatoms. The molecule has 1 aromatic heterocycles. The van der Waals surface area contributed by atoms with Crippen LogP contribution in [0.4, 0.5) is 5.69 Å². The zero-order valence-corrected chi connectivity index (χ0v) is 15.4. The van der Waals surface area contributed by atoms with Crippen LogP contribution in [0.3, 0.4) is 0 Å². The molecular weight excluding hydrogens is 344 g/mol. The second kappa shape index (κ2) is 7.10. The number of rotatable bonds is 6. The third kappa shape index (κ3) is 3.31. The molecular formula is C21H24N2O4. The molecule has 0 radical (unpaired) electrons. The van der Waals surface area contributed by atoms with Crippen molar-refractivity contribution in [2.75, 3.05) is 12.4 Å². The Labute approximate surface area is 157 Å². The Morgan fingerprint density at radius 2 is 2.11 bits per heavy atom. The van der Waals surface area contributed by atoms with E-state index >= 15 is 0 Å². The maximum Gasteiger partial charge on any atom is 0.303 e. The lowest BCUT2D eigenvalue weighted by Gasteiger charge is -2.13. The van der Waals surface area contributed by atoms with Crippen LogP contribution in [-0.4, -0.2) is 29.1 Å². The molecule has 2 heterocycles. The quantitative estimate of drug-likeness (QED) is 0.730. The first-order chi connectivity index (χ1) is 13.1. The van der Waals surface area contributed by atoms with Gasteiger partial charge in [-0.3, -0.25) is 9.59 Å². The molecule has 0 bridgehead atoms. The van der Waals surface area contributed by atoms with Crippen LogP contribution in [0.1, 0.15) is 53.3 Å². The van der Waals surface area contributed by atoms with Crippen molar-refractivity contribution in [3.05, 3.63) is 46.3 Å². The number of benzene rings is 1. The number of hydrogen-bond donors (Lipinski definition) is 3. The topological polar surface area (TPSA) is 91.4 Å². The fourth-order valence-electron chi connectivity index (χ4n) is 4.37. The number of anilines is 1. The Morgan fingerprint density at radius 1 is 1.30 bits per heavy atom. The Bertz CT molecular complexity index is 900. The van der Waals surface area contributed by atoms with E-state index in [-0.39, 0.29) is 18.2 Å². The summed E-state index contributed by atoms with van der Waals surface area (Å²) in [6, 6.07) is 5.66. The van der Waals surface area contributed by atoms with Crippen molar-refractivity contribution in [2.24, 2.45) is 0 Å². The highest BCUT2D eigenvalue weighted by Crippen LogP contribution is 2.38. The molecule has 1 atom stereocenters. The van der Waals surface area contributed by atoms with Crippen LogP contribution < -0.4 is 10.1 Å². The van der Waals surface area contributed by atoms with E-state index in [0.29, 0.717) is 18.6 Å². The summed E-state index contributed by atoms with van der Waals surface area (Å²) in [4.78, 5) is 27.2. The smallest absolute Gasteiger partial charge is 0.303 e. The van der Waals surface area contributed by atoms with Gasteiger partial charge in [0.05, 0.1) is 13.0 Å². The fraction of sp³-hybridized carbons (Fsp3) is 0.429. The number of carbonyl (C=O) groups excluding carboxylic acids is 1. The molecule has 2 aromatic rings. The van der Waals surface area contributed by atoms with Crippen molar-refractivity contribution in [1.29, 1.82) is 0 Å². The number of nitrogens with one attached hydrogen (secondary N) is 2. The Balaban J connectivity index is 1.65. The Kier molecular flexibility index (Phi) is 4.64. The van der Waals surface area contributed by atoms with Crippen molar-refractivity contribution >= 4 is 17.6 Å². The minimum atomic E-state index is -0.789. The summed E-state index contributed by atoms with van der Waals surface area (Å²) < 4.78 is 5.24. The van der Waals surface area contributed by atoms with Crippen LogP contribution in [0, 0.1) is 0 Å². The number of aromatic amines is 1. The van der Waals surface area contributed by atoms with Gasteiger partial charge in [0.2, 0.25) is 5.91 Å². The molecule has 0 fully saturated rings. The lowest BCUT2D eigenvalue weighted by molar-refractivity contribution is -0.137. The van der Waals surface area contributed by atoms with E-state index in [1.54, 1.807) is 7.11 Å². The molecule has 3 N–H and O–H groups in total. The second-order valence-electron chi connectivity index (χ2n) is 7.34. The number of methoxy groups -OCH3 is 1. The molecule has 1 aliphatic carbocycles. The van der Waals surface area contributed by atoms with E-state index in [2.05, 4.69) is 10.3 Å². The van der Waals surface area contributed by atoms with Gasteiger partial charge >= 0.3 is 5.97 Å². The molecule has 1 aliphatic heterocycles. The highest BCUT2D eigenvalue weighted by molar-refractivity contribution is 6.03. The van der Waals surface area contributed by atoms with E-state index < -0.39 is 5.97 Å². The van der Waals surface area contributed by atoms with E-state index in [0.717, 1.165) is 48.2 Å². The molecule has 0 saturated heterocycles. The summed E-state index contributed by atoms with van der Waals surface area (Å²) in [5.74, 6) is -0.362. The van der Waals surface area contributed by atoms with Crippen LogP contribution in [0.5, 0.6) is 5.75 Å². The third-order valence-corrected chi connectivity index (χ3v) is 5.71. The van der Waals surface area contributed by atoms with Gasteiger partial charge in [0.1, 0.15) is 5.75 Å². The van der Waals surface area contributed by atoms with Gasteiger partial charge in [-0.1, -0.05) is 6.07 Å². The molecule has 6 nitrogen and oxygen atoms in total. The number of amides is 1. The summed E-state index contributed by atoms with van der Waals surface area (Å²) in [6.45, 7) is 0. The highest BCUT2D eigenvalue weighted by Gasteiger charge is 2.33. The molecule has 0 saturated carbocycles. The van der Waals surface area contributed by atoms with Crippen LogP contribution in [-0.2, 0) is 35.3 Å². The number of aryl methyl sites for hydroxylation is 1. The normalized spacial score (nSPS) is 18.0. The second-order valence-corrected chi connectivity index (χ2v) is 7.34. The molecule has 0 spiro atoms. The van der Waals surface area contributed by atoms with Crippen LogP contribution in [0.25, 0.3) is 0 Å². The average molecular weight is 368 g/mol. The zero-order valence-electron chi connectivity index (χ0n) is 15.4. The van der Waals surface area contributed by atoms with Crippen LogP contribution in [0.2, 0.25) is 0 Å². The summed E-state index contributed by atoms with van der Waals surface area (Å²) in [5.41, 5.74) is 6.41. The standard InChI is InChI=1S/C21H24N2O4/c1-27-12-6-7-15-16(21(26)23-18(15)10-12)11-19-14(8-9-20(24)25)13-4-2-3-5-17(13)22-19/h6-7,10,16,22H,2-5,8-9,11H2,1H3,(H,23,26)(H,24,25). The van der Waals surface area contributed by atoms with Gasteiger partial charge in [0.25, 0.3) is 0 Å². The molecule has 142 valence electrons. The lowest BCUT2D eigenvalue weighted by atomic mass is 9.89. The number of aliphatic carboxylic acids is 1. The van der Waals surface area contributed by atoms with Crippen LogP contribution in [0.15, 0.2) is 18.2 Å². The maximum atomic E-state index is 12.6. The average Bonchev–Trinajstić information content (AvgIpc) is 3.16. The van der Waals surface area contributed by atoms with E-state index in [4.69, 9.17) is 9.84 Å². The monoisotopic (exact) mass is 368 g/mol. The first kappa shape index (κ1) is 17.6. The Morgan fingerprint density at radius 3 is 2.89 bits per heavy atom. The number of carbonyl (C=O) groups is 2. The third-order valence-electron chi connectivity index (χ3n) is 5.71. The number of aromatic nitrogens is 1. The van der Waals surface area contributed by atoms with Gasteiger partial charge in [0, 0.05) is 36.0 Å². The van der Waals surface area contributed by atoms with Crippen molar-refractivity contribution in [3.8, 4) is 5.75 Å². The SMILES string of the molecule is COc1ccc2c(c1)NC(=O)C2Cc1[nH]c2c(c1CCC(=O)O)CCCC2. The van der Waals surface area contributed by atoms with Gasteiger partial charge < -0.3 is 20.1 Å². The van der Waals surface area contributed by atoms with E-state index in [1.807, 2.05) is 18.2 Å². The van der Waals surface area contributed by atoms with Crippen molar-refractivity contribution < 1.29 is 19.4 Å². The largest absolute Gasteiger partial charge is 0.497 e. The fourth-order valence-corrected chi connectivity index (χ4v) is 4.37. The maximum absolute atomic E-state index is 12.6. The summed E-state index contributed by atoms with van der Waals surface area (Å²) in [6.07, 6.45) is 5.47. The van der Waals surface area contributed by atoms with Gasteiger partial charge in [-0.15, -0.1) is 0 Å². The van der Waals surface area contributed by atoms with Gasteiger partial charge in [-0.25, -0.2) is 0 Å². The number of ether oxygens (including phenoxy) is 1. The van der Waals surface area contributed by atoms with Gasteiger partial charge in [0.15, 0.2) is 0 Å². The van der Waals surface area contributed by atoms with Crippen molar-refractivity contribution in [2.45, 2.75) is 50.9 Å². The van der Waals surface area contributed by atoms with Gasteiger partial charge in [-0.2, -0.15) is 0 Å². The molecule has 1 aromatic carbocycles. The van der Waals surface area contributed by atoms with E-state index in [1.165, 1.54) is 11.3 Å². The van der Waals surface area contributed by atoms with E-state index in [9.17, 15) is 9.59 Å². The first-order valence-electron chi connectivity index (χ1n) is 9.49. The van der Waals surface area contributed by atoms with Gasteiger partial charge in [-0.05, 0) is 54.9 Å². The van der Waals surface area contributed by atoms with Crippen molar-refractivity contribution in [3.63, 3.8) is 0 Å². The predicted molar refractivity (Wildman–Crippen MR) is 101 cm³/mol. The first-order valence-corrected chi connectivity index (χ1v) is 9.49. The molecule has 4 rings (SSSR count). The molecule has 1 unspecified atom stereocenters.